The summed E-state index contributed by atoms with van der Waals surface area (Å²) in [5.74, 6) is 0.677. The Bertz CT molecular complexity index is 414. The highest BCUT2D eigenvalue weighted by molar-refractivity contribution is 5.58. The van der Waals surface area contributed by atoms with Crippen molar-refractivity contribution in [2.24, 2.45) is 5.92 Å². The van der Waals surface area contributed by atoms with E-state index < -0.39 is 0 Å². The maximum absolute atomic E-state index is 9.08. The molecule has 1 aliphatic rings. The zero-order chi connectivity index (χ0) is 12.1. The fraction of sp³-hybridized carbons (Fsp3) is 0.500. The molecule has 0 aliphatic carbocycles. The van der Waals surface area contributed by atoms with Gasteiger partial charge in [0.15, 0.2) is 0 Å². The van der Waals surface area contributed by atoms with Crippen LogP contribution in [0, 0.1) is 24.2 Å². The Morgan fingerprint density at radius 3 is 3.12 bits per heavy atom. The fourth-order valence-electron chi connectivity index (χ4n) is 2.26. The lowest BCUT2D eigenvalue weighted by Gasteiger charge is -2.23. The Morgan fingerprint density at radius 2 is 2.41 bits per heavy atom. The number of hydrogen-bond acceptors (Lipinski definition) is 3. The van der Waals surface area contributed by atoms with Gasteiger partial charge in [-0.2, -0.15) is 5.26 Å². The van der Waals surface area contributed by atoms with Crippen molar-refractivity contribution in [3.05, 3.63) is 29.3 Å². The molecule has 1 aromatic carbocycles. The summed E-state index contributed by atoms with van der Waals surface area (Å²) < 4.78 is 0. The lowest BCUT2D eigenvalue weighted by atomic mass is 9.99. The molecule has 3 heteroatoms. The van der Waals surface area contributed by atoms with E-state index in [9.17, 15) is 0 Å². The van der Waals surface area contributed by atoms with Gasteiger partial charge in [-0.05, 0) is 56.5 Å². The Morgan fingerprint density at radius 1 is 1.53 bits per heavy atom. The highest BCUT2D eigenvalue weighted by Crippen LogP contribution is 2.18. The highest BCUT2D eigenvalue weighted by atomic mass is 14.9. The first-order valence-electron chi connectivity index (χ1n) is 6.25. The van der Waals surface area contributed by atoms with Crippen molar-refractivity contribution in [1.82, 2.24) is 5.32 Å². The van der Waals surface area contributed by atoms with Gasteiger partial charge in [0.1, 0.15) is 6.07 Å². The molecule has 1 aliphatic heterocycles. The summed E-state index contributed by atoms with van der Waals surface area (Å²) in [5.41, 5.74) is 2.84. The lowest BCUT2D eigenvalue weighted by molar-refractivity contribution is 0.393. The van der Waals surface area contributed by atoms with Crippen LogP contribution in [0.4, 0.5) is 5.69 Å². The van der Waals surface area contributed by atoms with Crippen LogP contribution in [0.25, 0.3) is 0 Å². The predicted molar refractivity (Wildman–Crippen MR) is 70.0 cm³/mol. The van der Waals surface area contributed by atoms with Gasteiger partial charge in [0.25, 0.3) is 0 Å². The summed E-state index contributed by atoms with van der Waals surface area (Å²) in [6.07, 6.45) is 2.53. The van der Waals surface area contributed by atoms with Crippen LogP contribution in [-0.4, -0.2) is 19.6 Å². The summed E-state index contributed by atoms with van der Waals surface area (Å²) in [6.45, 7) is 5.19. The second-order valence-corrected chi connectivity index (χ2v) is 4.75. The standard InChI is InChI=1S/C14H19N3/c1-11-4-5-14(13(7-11)8-15)17-10-12-3-2-6-16-9-12/h4-5,7,12,16-17H,2-3,6,9-10H2,1H3. The zero-order valence-corrected chi connectivity index (χ0v) is 10.3. The maximum atomic E-state index is 9.08. The SMILES string of the molecule is Cc1ccc(NCC2CCCNC2)c(C#N)c1. The molecular formula is C14H19N3. The molecule has 17 heavy (non-hydrogen) atoms. The van der Waals surface area contributed by atoms with Crippen molar-refractivity contribution < 1.29 is 0 Å². The van der Waals surface area contributed by atoms with Gasteiger partial charge in [0.05, 0.1) is 11.3 Å². The number of rotatable bonds is 3. The van der Waals surface area contributed by atoms with Crippen molar-refractivity contribution >= 4 is 5.69 Å². The second kappa shape index (κ2) is 5.70. The first kappa shape index (κ1) is 11.9. The summed E-state index contributed by atoms with van der Waals surface area (Å²) in [5, 5.41) is 15.9. The normalized spacial score (nSPS) is 19.6. The molecular weight excluding hydrogens is 210 g/mol. The summed E-state index contributed by atoms with van der Waals surface area (Å²) in [4.78, 5) is 0. The van der Waals surface area contributed by atoms with Crippen LogP contribution in [0.2, 0.25) is 0 Å². The summed E-state index contributed by atoms with van der Waals surface area (Å²) in [7, 11) is 0. The molecule has 2 N–H and O–H groups in total. The minimum atomic E-state index is 0.677. The van der Waals surface area contributed by atoms with E-state index in [1.54, 1.807) is 0 Å². The van der Waals surface area contributed by atoms with Gasteiger partial charge in [-0.15, -0.1) is 0 Å². The third-order valence-electron chi connectivity index (χ3n) is 3.28. The summed E-state index contributed by atoms with van der Waals surface area (Å²) in [6, 6.07) is 8.23. The number of piperidine rings is 1. The van der Waals surface area contributed by atoms with Crippen LogP contribution in [0.5, 0.6) is 0 Å². The van der Waals surface area contributed by atoms with Gasteiger partial charge in [-0.25, -0.2) is 0 Å². The van der Waals surface area contributed by atoms with E-state index in [0.29, 0.717) is 5.92 Å². The molecule has 1 fully saturated rings. The van der Waals surface area contributed by atoms with Gasteiger partial charge in [0, 0.05) is 6.54 Å². The fourth-order valence-corrected chi connectivity index (χ4v) is 2.26. The third kappa shape index (κ3) is 3.21. The lowest BCUT2D eigenvalue weighted by Crippen LogP contribution is -2.33. The second-order valence-electron chi connectivity index (χ2n) is 4.75. The average molecular weight is 229 g/mol. The average Bonchev–Trinajstić information content (AvgIpc) is 2.38. The van der Waals surface area contributed by atoms with Gasteiger partial charge in [-0.1, -0.05) is 6.07 Å². The van der Waals surface area contributed by atoms with Crippen LogP contribution in [0.3, 0.4) is 0 Å². The van der Waals surface area contributed by atoms with E-state index in [2.05, 4.69) is 16.7 Å². The molecule has 0 radical (unpaired) electrons. The molecule has 0 spiro atoms. The molecule has 3 nitrogen and oxygen atoms in total. The van der Waals surface area contributed by atoms with E-state index in [4.69, 9.17) is 5.26 Å². The van der Waals surface area contributed by atoms with Gasteiger partial charge < -0.3 is 10.6 Å². The van der Waals surface area contributed by atoms with E-state index in [0.717, 1.165) is 36.4 Å². The Kier molecular flexibility index (Phi) is 4.00. The maximum Gasteiger partial charge on any atom is 0.101 e. The molecule has 2 rings (SSSR count). The van der Waals surface area contributed by atoms with Gasteiger partial charge in [0.2, 0.25) is 0 Å². The molecule has 0 saturated carbocycles. The molecule has 1 heterocycles. The molecule has 0 amide bonds. The predicted octanol–water partition coefficient (Wildman–Crippen LogP) is 2.28. The molecule has 1 atom stereocenters. The Labute approximate surface area is 103 Å². The van der Waals surface area contributed by atoms with Crippen molar-refractivity contribution in [3.63, 3.8) is 0 Å². The smallest absolute Gasteiger partial charge is 0.101 e. The van der Waals surface area contributed by atoms with Crippen LogP contribution in [0.1, 0.15) is 24.0 Å². The Balaban J connectivity index is 1.96. The van der Waals surface area contributed by atoms with Crippen LogP contribution < -0.4 is 10.6 Å². The Hall–Kier alpha value is -1.53. The van der Waals surface area contributed by atoms with Gasteiger partial charge in [-0.3, -0.25) is 0 Å². The number of nitriles is 1. The third-order valence-corrected chi connectivity index (χ3v) is 3.28. The molecule has 1 aromatic rings. The van der Waals surface area contributed by atoms with Crippen molar-refractivity contribution in [3.8, 4) is 6.07 Å². The number of nitrogens with one attached hydrogen (secondary N) is 2. The van der Waals surface area contributed by atoms with Crippen molar-refractivity contribution in [2.75, 3.05) is 25.0 Å². The van der Waals surface area contributed by atoms with E-state index in [1.165, 1.54) is 12.8 Å². The molecule has 0 bridgehead atoms. The molecule has 90 valence electrons. The first-order chi connectivity index (χ1) is 8.29. The van der Waals surface area contributed by atoms with Crippen molar-refractivity contribution in [1.29, 1.82) is 5.26 Å². The van der Waals surface area contributed by atoms with Crippen molar-refractivity contribution in [2.45, 2.75) is 19.8 Å². The number of anilines is 1. The zero-order valence-electron chi connectivity index (χ0n) is 10.3. The molecule has 1 unspecified atom stereocenters. The topological polar surface area (TPSA) is 47.8 Å². The number of nitrogens with zero attached hydrogens (tertiary/aromatic N) is 1. The minimum Gasteiger partial charge on any atom is -0.384 e. The van der Waals surface area contributed by atoms with Crippen LogP contribution in [0.15, 0.2) is 18.2 Å². The van der Waals surface area contributed by atoms with Crippen LogP contribution >= 0.6 is 0 Å². The monoisotopic (exact) mass is 229 g/mol. The summed E-state index contributed by atoms with van der Waals surface area (Å²) >= 11 is 0. The largest absolute Gasteiger partial charge is 0.384 e. The van der Waals surface area contributed by atoms with Crippen LogP contribution in [-0.2, 0) is 0 Å². The quantitative estimate of drug-likeness (QED) is 0.836. The number of aryl methyl sites for hydroxylation is 1. The van der Waals surface area contributed by atoms with E-state index in [-0.39, 0.29) is 0 Å². The minimum absolute atomic E-state index is 0.677. The highest BCUT2D eigenvalue weighted by Gasteiger charge is 2.13. The van der Waals surface area contributed by atoms with E-state index >= 15 is 0 Å². The first-order valence-corrected chi connectivity index (χ1v) is 6.25. The molecule has 0 aromatic heterocycles. The number of hydrogen-bond donors (Lipinski definition) is 2. The van der Waals surface area contributed by atoms with E-state index in [1.807, 2.05) is 25.1 Å². The number of benzene rings is 1. The molecule has 1 saturated heterocycles. The van der Waals surface area contributed by atoms with Gasteiger partial charge >= 0.3 is 0 Å².